The van der Waals surface area contributed by atoms with E-state index in [2.05, 4.69) is 0 Å². The van der Waals surface area contributed by atoms with Crippen LogP contribution >= 0.6 is 0 Å². The molecule has 108 valence electrons. The molecule has 0 spiro atoms. The smallest absolute Gasteiger partial charge is 0.207 e. The van der Waals surface area contributed by atoms with Crippen LogP contribution in [-0.4, -0.2) is 34.7 Å². The summed E-state index contributed by atoms with van der Waals surface area (Å²) >= 11 is 0. The van der Waals surface area contributed by atoms with Crippen molar-refractivity contribution in [1.82, 2.24) is 4.31 Å². The third-order valence-corrected chi connectivity index (χ3v) is 5.05. The van der Waals surface area contributed by atoms with E-state index in [9.17, 15) is 20.7 Å². The normalized spacial score (nSPS) is 13.2. The van der Waals surface area contributed by atoms with Gasteiger partial charge in [-0.1, -0.05) is 19.9 Å². The molecule has 0 bridgehead atoms. The van der Waals surface area contributed by atoms with E-state index in [1.54, 1.807) is 0 Å². The highest BCUT2D eigenvalue weighted by molar-refractivity contribution is 7.89. The molecule has 0 saturated heterocycles. The molecule has 0 fully saturated rings. The molecule has 1 aromatic rings. The number of hydrogen-bond acceptors (Lipinski definition) is 4. The zero-order chi connectivity index (χ0) is 14.8. The first-order valence-corrected chi connectivity index (χ1v) is 8.38. The van der Waals surface area contributed by atoms with Gasteiger partial charge in [-0.15, -0.1) is 3.89 Å². The maximum Gasteiger partial charge on any atom is 0.332 e. The Morgan fingerprint density at radius 3 is 2.16 bits per heavy atom. The quantitative estimate of drug-likeness (QED) is 0.775. The number of benzene rings is 1. The molecule has 0 aliphatic heterocycles. The van der Waals surface area contributed by atoms with Crippen LogP contribution in [0.3, 0.4) is 0 Å². The van der Waals surface area contributed by atoms with Gasteiger partial charge in [0.2, 0.25) is 10.0 Å². The number of halogens is 1. The second kappa shape index (κ2) is 5.56. The third-order valence-electron chi connectivity index (χ3n) is 2.42. The van der Waals surface area contributed by atoms with E-state index in [4.69, 9.17) is 0 Å². The van der Waals surface area contributed by atoms with Crippen LogP contribution in [0, 0.1) is 5.92 Å². The minimum Gasteiger partial charge on any atom is -0.207 e. The van der Waals surface area contributed by atoms with E-state index in [-0.39, 0.29) is 17.4 Å². The fraction of sp³-hybridized carbons (Fsp3) is 0.455. The predicted octanol–water partition coefficient (Wildman–Crippen LogP) is 1.62. The van der Waals surface area contributed by atoms with Crippen LogP contribution < -0.4 is 0 Å². The Bertz CT molecular complexity index is 653. The Hall–Kier alpha value is -0.990. The number of hydrogen-bond donors (Lipinski definition) is 0. The molecule has 0 aliphatic rings. The minimum absolute atomic E-state index is 0.118. The van der Waals surface area contributed by atoms with Crippen molar-refractivity contribution < 1.29 is 20.7 Å². The third kappa shape index (κ3) is 3.99. The molecule has 0 radical (unpaired) electrons. The highest BCUT2D eigenvalue weighted by Crippen LogP contribution is 2.20. The second-order valence-corrected chi connectivity index (χ2v) is 7.98. The van der Waals surface area contributed by atoms with E-state index < -0.39 is 25.1 Å². The molecular formula is C11H16FNO4S2. The fourth-order valence-corrected chi connectivity index (χ4v) is 3.54. The predicted molar refractivity (Wildman–Crippen MR) is 69.4 cm³/mol. The Kier molecular flexibility index (Phi) is 4.70. The van der Waals surface area contributed by atoms with Crippen molar-refractivity contribution in [3.05, 3.63) is 24.3 Å². The van der Waals surface area contributed by atoms with Crippen LogP contribution in [0.15, 0.2) is 34.1 Å². The molecule has 0 atom stereocenters. The monoisotopic (exact) mass is 309 g/mol. The first-order chi connectivity index (χ1) is 8.55. The molecule has 8 heteroatoms. The van der Waals surface area contributed by atoms with E-state index in [1.165, 1.54) is 19.2 Å². The summed E-state index contributed by atoms with van der Waals surface area (Å²) < 4.78 is 59.9. The van der Waals surface area contributed by atoms with Gasteiger partial charge in [0.15, 0.2) is 0 Å². The summed E-state index contributed by atoms with van der Waals surface area (Å²) in [6.45, 7) is 4.00. The molecule has 1 aromatic carbocycles. The van der Waals surface area contributed by atoms with E-state index in [0.29, 0.717) is 0 Å². The number of rotatable bonds is 5. The molecule has 0 aromatic heterocycles. The summed E-state index contributed by atoms with van der Waals surface area (Å²) in [5, 5.41) is 0. The van der Waals surface area contributed by atoms with Crippen LogP contribution in [-0.2, 0) is 20.2 Å². The summed E-state index contributed by atoms with van der Waals surface area (Å²) in [5.41, 5.74) is 0. The average molecular weight is 309 g/mol. The topological polar surface area (TPSA) is 71.5 Å². The number of nitrogens with zero attached hydrogens (tertiary/aromatic N) is 1. The SMILES string of the molecule is CC(C)CN(C)S(=O)(=O)c1cccc(S(=O)(=O)F)c1. The van der Waals surface area contributed by atoms with Gasteiger partial charge >= 0.3 is 10.2 Å². The standard InChI is InChI=1S/C11H16FNO4S2/c1-9(2)8-13(3)19(16,17)11-6-4-5-10(7-11)18(12,14)15/h4-7,9H,8H2,1-3H3. The highest BCUT2D eigenvalue weighted by Gasteiger charge is 2.23. The van der Waals surface area contributed by atoms with Gasteiger partial charge in [0.05, 0.1) is 9.79 Å². The van der Waals surface area contributed by atoms with E-state index >= 15 is 0 Å². The molecule has 0 saturated carbocycles. The molecule has 0 heterocycles. The van der Waals surface area contributed by atoms with Crippen molar-refractivity contribution in [1.29, 1.82) is 0 Å². The van der Waals surface area contributed by atoms with Gasteiger partial charge in [-0.05, 0) is 24.1 Å². The van der Waals surface area contributed by atoms with Crippen molar-refractivity contribution in [2.24, 2.45) is 5.92 Å². The van der Waals surface area contributed by atoms with Crippen molar-refractivity contribution >= 4 is 20.2 Å². The zero-order valence-electron chi connectivity index (χ0n) is 10.9. The average Bonchev–Trinajstić information content (AvgIpc) is 2.27. The summed E-state index contributed by atoms with van der Waals surface area (Å²) in [4.78, 5) is -0.902. The molecule has 19 heavy (non-hydrogen) atoms. The van der Waals surface area contributed by atoms with Gasteiger partial charge in [-0.3, -0.25) is 0 Å². The van der Waals surface area contributed by atoms with E-state index in [0.717, 1.165) is 16.4 Å². The van der Waals surface area contributed by atoms with Gasteiger partial charge in [0.25, 0.3) is 0 Å². The first kappa shape index (κ1) is 16.1. The Morgan fingerprint density at radius 2 is 1.68 bits per heavy atom. The fourth-order valence-electron chi connectivity index (χ4n) is 1.58. The maximum atomic E-state index is 12.9. The lowest BCUT2D eigenvalue weighted by Crippen LogP contribution is -2.30. The van der Waals surface area contributed by atoms with Crippen LogP contribution in [0.4, 0.5) is 3.89 Å². The van der Waals surface area contributed by atoms with Gasteiger partial charge in [-0.25, -0.2) is 12.7 Å². The van der Waals surface area contributed by atoms with Crippen molar-refractivity contribution in [3.63, 3.8) is 0 Å². The molecule has 0 N–H and O–H groups in total. The lowest BCUT2D eigenvalue weighted by Gasteiger charge is -2.19. The Morgan fingerprint density at radius 1 is 1.16 bits per heavy atom. The van der Waals surface area contributed by atoms with Gasteiger partial charge in [0.1, 0.15) is 0 Å². The van der Waals surface area contributed by atoms with Crippen LogP contribution in [0.5, 0.6) is 0 Å². The lowest BCUT2D eigenvalue weighted by molar-refractivity contribution is 0.417. The van der Waals surface area contributed by atoms with Crippen LogP contribution in [0.25, 0.3) is 0 Å². The molecular weight excluding hydrogens is 293 g/mol. The van der Waals surface area contributed by atoms with Crippen molar-refractivity contribution in [2.75, 3.05) is 13.6 Å². The largest absolute Gasteiger partial charge is 0.332 e. The van der Waals surface area contributed by atoms with E-state index in [1.807, 2.05) is 13.8 Å². The van der Waals surface area contributed by atoms with Gasteiger partial charge in [-0.2, -0.15) is 8.42 Å². The van der Waals surface area contributed by atoms with Crippen LogP contribution in [0.2, 0.25) is 0 Å². The van der Waals surface area contributed by atoms with Crippen molar-refractivity contribution in [3.8, 4) is 0 Å². The maximum absolute atomic E-state index is 12.9. The highest BCUT2D eigenvalue weighted by atomic mass is 32.3. The molecule has 0 amide bonds. The second-order valence-electron chi connectivity index (χ2n) is 4.59. The Labute approximate surface area is 113 Å². The Balaban J connectivity index is 3.23. The van der Waals surface area contributed by atoms with Gasteiger partial charge in [0, 0.05) is 13.6 Å². The van der Waals surface area contributed by atoms with Crippen molar-refractivity contribution in [2.45, 2.75) is 23.6 Å². The zero-order valence-corrected chi connectivity index (χ0v) is 12.5. The summed E-state index contributed by atoms with van der Waals surface area (Å²) in [6.07, 6.45) is 0. The molecule has 0 unspecified atom stereocenters. The molecule has 0 aliphatic carbocycles. The minimum atomic E-state index is -4.92. The lowest BCUT2D eigenvalue weighted by atomic mass is 10.2. The van der Waals surface area contributed by atoms with Crippen LogP contribution in [0.1, 0.15) is 13.8 Å². The summed E-state index contributed by atoms with van der Waals surface area (Å²) in [5.74, 6) is 0.118. The summed E-state index contributed by atoms with van der Waals surface area (Å²) in [6, 6.07) is 4.27. The van der Waals surface area contributed by atoms with Gasteiger partial charge < -0.3 is 0 Å². The summed E-state index contributed by atoms with van der Waals surface area (Å²) in [7, 11) is -7.34. The molecule has 5 nitrogen and oxygen atoms in total. The molecule has 1 rings (SSSR count). The number of sulfonamides is 1. The first-order valence-electron chi connectivity index (χ1n) is 5.56.